The highest BCUT2D eigenvalue weighted by Crippen LogP contribution is 2.17. The fraction of sp³-hybridized carbons (Fsp3) is 0.391. The molecular weight excluding hydrogens is 371 g/mol. The van der Waals surface area contributed by atoms with Crippen LogP contribution in [0, 0.1) is 12.7 Å². The summed E-state index contributed by atoms with van der Waals surface area (Å²) in [6.07, 6.45) is 2.52. The molecule has 3 rings (SSSR count). The van der Waals surface area contributed by atoms with Gasteiger partial charge in [0.25, 0.3) is 5.91 Å². The van der Waals surface area contributed by atoms with Gasteiger partial charge in [-0.1, -0.05) is 24.3 Å². The second kappa shape index (κ2) is 10.0. The second-order valence-corrected chi connectivity index (χ2v) is 7.36. The fourth-order valence-corrected chi connectivity index (χ4v) is 3.45. The van der Waals surface area contributed by atoms with E-state index in [4.69, 9.17) is 4.74 Å². The molecule has 29 heavy (non-hydrogen) atoms. The van der Waals surface area contributed by atoms with Gasteiger partial charge in [-0.2, -0.15) is 0 Å². The minimum absolute atomic E-state index is 0.000735. The molecule has 5 nitrogen and oxygen atoms in total. The molecular formula is C23H27FN2O3. The molecule has 6 heteroatoms. The van der Waals surface area contributed by atoms with Crippen LogP contribution in [-0.4, -0.2) is 42.5 Å². The Morgan fingerprint density at radius 2 is 1.90 bits per heavy atom. The van der Waals surface area contributed by atoms with Crippen LogP contribution in [0.15, 0.2) is 48.5 Å². The number of para-hydroxylation sites is 1. The fourth-order valence-electron chi connectivity index (χ4n) is 3.45. The smallest absolute Gasteiger partial charge is 0.251 e. The number of aryl methyl sites for hydroxylation is 1. The number of nitrogens with zero attached hydrogens (tertiary/aromatic N) is 1. The van der Waals surface area contributed by atoms with Crippen molar-refractivity contribution in [3.8, 4) is 5.75 Å². The molecule has 1 N–H and O–H groups in total. The number of rotatable bonds is 7. The van der Waals surface area contributed by atoms with E-state index in [-0.39, 0.29) is 17.9 Å². The number of nitrogens with one attached hydrogen (secondary N) is 1. The highest BCUT2D eigenvalue weighted by atomic mass is 19.1. The van der Waals surface area contributed by atoms with Crippen molar-refractivity contribution in [2.45, 2.75) is 38.6 Å². The van der Waals surface area contributed by atoms with E-state index in [0.29, 0.717) is 50.9 Å². The Morgan fingerprint density at radius 3 is 2.62 bits per heavy atom. The normalized spacial score (nSPS) is 14.5. The highest BCUT2D eigenvalue weighted by molar-refractivity contribution is 5.94. The average Bonchev–Trinajstić information content (AvgIpc) is 2.73. The van der Waals surface area contributed by atoms with Crippen LogP contribution in [0.3, 0.4) is 0 Å². The summed E-state index contributed by atoms with van der Waals surface area (Å²) in [4.78, 5) is 26.5. The lowest BCUT2D eigenvalue weighted by Crippen LogP contribution is -2.46. The molecule has 0 radical (unpaired) electrons. The van der Waals surface area contributed by atoms with Gasteiger partial charge in [0.05, 0.1) is 6.61 Å². The van der Waals surface area contributed by atoms with Crippen molar-refractivity contribution in [2.75, 3.05) is 19.7 Å². The SMILES string of the molecule is Cc1ccccc1OCCCC(=O)N1CCC(NC(=O)c2cccc(F)c2)CC1. The van der Waals surface area contributed by atoms with Crippen LogP contribution >= 0.6 is 0 Å². The zero-order valence-corrected chi connectivity index (χ0v) is 16.7. The first kappa shape index (κ1) is 20.8. The number of carbonyl (C=O) groups is 2. The van der Waals surface area contributed by atoms with E-state index in [1.165, 1.54) is 18.2 Å². The minimum Gasteiger partial charge on any atom is -0.493 e. The number of likely N-dealkylation sites (tertiary alicyclic amines) is 1. The molecule has 154 valence electrons. The summed E-state index contributed by atoms with van der Waals surface area (Å²) in [5.41, 5.74) is 1.40. The van der Waals surface area contributed by atoms with E-state index in [1.54, 1.807) is 6.07 Å². The maximum absolute atomic E-state index is 13.3. The molecule has 0 aromatic heterocycles. The first-order valence-electron chi connectivity index (χ1n) is 10.1. The van der Waals surface area contributed by atoms with E-state index in [2.05, 4.69) is 5.32 Å². The lowest BCUT2D eigenvalue weighted by atomic mass is 10.0. The third-order valence-electron chi connectivity index (χ3n) is 5.16. The number of amides is 2. The van der Waals surface area contributed by atoms with Crippen LogP contribution in [0.4, 0.5) is 4.39 Å². The molecule has 0 atom stereocenters. The third kappa shape index (κ3) is 6.04. The van der Waals surface area contributed by atoms with Gasteiger partial charge in [-0.25, -0.2) is 4.39 Å². The van der Waals surface area contributed by atoms with Gasteiger partial charge in [0, 0.05) is 31.1 Å². The molecule has 0 spiro atoms. The van der Waals surface area contributed by atoms with Crippen molar-refractivity contribution >= 4 is 11.8 Å². The molecule has 1 fully saturated rings. The molecule has 1 aliphatic heterocycles. The molecule has 1 aliphatic rings. The maximum atomic E-state index is 13.3. The molecule has 2 aromatic rings. The third-order valence-corrected chi connectivity index (χ3v) is 5.16. The van der Waals surface area contributed by atoms with Crippen molar-refractivity contribution in [3.63, 3.8) is 0 Å². The van der Waals surface area contributed by atoms with E-state index < -0.39 is 5.82 Å². The predicted molar refractivity (Wildman–Crippen MR) is 109 cm³/mol. The maximum Gasteiger partial charge on any atom is 0.251 e. The van der Waals surface area contributed by atoms with Crippen LogP contribution in [0.2, 0.25) is 0 Å². The van der Waals surface area contributed by atoms with Gasteiger partial charge in [0.15, 0.2) is 0 Å². The molecule has 1 saturated heterocycles. The van der Waals surface area contributed by atoms with E-state index >= 15 is 0 Å². The Labute approximate surface area is 170 Å². The molecule has 0 unspecified atom stereocenters. The van der Waals surface area contributed by atoms with Crippen LogP contribution in [-0.2, 0) is 4.79 Å². The number of hydrogen-bond donors (Lipinski definition) is 1. The standard InChI is InChI=1S/C23H27FN2O3/c1-17-6-2-3-9-21(17)29-15-5-10-22(27)26-13-11-20(12-14-26)25-23(28)18-7-4-8-19(24)16-18/h2-4,6-9,16,20H,5,10-15H2,1H3,(H,25,28). The number of ether oxygens (including phenoxy) is 1. The van der Waals surface area contributed by atoms with Crippen molar-refractivity contribution < 1.29 is 18.7 Å². The molecule has 0 bridgehead atoms. The van der Waals surface area contributed by atoms with Crippen molar-refractivity contribution in [3.05, 3.63) is 65.5 Å². The van der Waals surface area contributed by atoms with Gasteiger partial charge < -0.3 is 15.0 Å². The zero-order chi connectivity index (χ0) is 20.6. The van der Waals surface area contributed by atoms with Crippen molar-refractivity contribution in [1.82, 2.24) is 10.2 Å². The minimum atomic E-state index is -0.426. The lowest BCUT2D eigenvalue weighted by molar-refractivity contribution is -0.132. The van der Waals surface area contributed by atoms with Gasteiger partial charge in [-0.05, 0) is 56.0 Å². The number of piperidine rings is 1. The van der Waals surface area contributed by atoms with E-state index in [9.17, 15) is 14.0 Å². The predicted octanol–water partition coefficient (Wildman–Crippen LogP) is 3.71. The van der Waals surface area contributed by atoms with Crippen LogP contribution in [0.5, 0.6) is 5.75 Å². The Morgan fingerprint density at radius 1 is 1.14 bits per heavy atom. The zero-order valence-electron chi connectivity index (χ0n) is 16.7. The van der Waals surface area contributed by atoms with Gasteiger partial charge in [0.2, 0.25) is 5.91 Å². The Balaban J connectivity index is 1.36. The summed E-state index contributed by atoms with van der Waals surface area (Å²) in [5.74, 6) is 0.273. The molecule has 2 aromatic carbocycles. The highest BCUT2D eigenvalue weighted by Gasteiger charge is 2.24. The summed E-state index contributed by atoms with van der Waals surface area (Å²) >= 11 is 0. The topological polar surface area (TPSA) is 58.6 Å². The summed E-state index contributed by atoms with van der Waals surface area (Å²) in [6.45, 7) is 3.74. The molecule has 0 saturated carbocycles. The molecule has 0 aliphatic carbocycles. The lowest BCUT2D eigenvalue weighted by Gasteiger charge is -2.32. The van der Waals surface area contributed by atoms with Gasteiger partial charge in [0.1, 0.15) is 11.6 Å². The first-order chi connectivity index (χ1) is 14.0. The molecule has 2 amide bonds. The van der Waals surface area contributed by atoms with E-state index in [0.717, 1.165) is 11.3 Å². The Bertz CT molecular complexity index is 848. The summed E-state index contributed by atoms with van der Waals surface area (Å²) in [6, 6.07) is 13.5. The van der Waals surface area contributed by atoms with Gasteiger partial charge in [-0.15, -0.1) is 0 Å². The summed E-state index contributed by atoms with van der Waals surface area (Å²) in [7, 11) is 0. The number of halogens is 1. The summed E-state index contributed by atoms with van der Waals surface area (Å²) in [5, 5.41) is 2.93. The van der Waals surface area contributed by atoms with E-state index in [1.807, 2.05) is 36.1 Å². The van der Waals surface area contributed by atoms with Gasteiger partial charge >= 0.3 is 0 Å². The Hall–Kier alpha value is -2.89. The van der Waals surface area contributed by atoms with Crippen LogP contribution in [0.25, 0.3) is 0 Å². The quantitative estimate of drug-likeness (QED) is 0.724. The number of carbonyl (C=O) groups excluding carboxylic acids is 2. The molecule has 1 heterocycles. The second-order valence-electron chi connectivity index (χ2n) is 7.36. The van der Waals surface area contributed by atoms with Crippen molar-refractivity contribution in [1.29, 1.82) is 0 Å². The number of benzene rings is 2. The van der Waals surface area contributed by atoms with Crippen LogP contribution < -0.4 is 10.1 Å². The first-order valence-corrected chi connectivity index (χ1v) is 10.1. The monoisotopic (exact) mass is 398 g/mol. The van der Waals surface area contributed by atoms with Crippen LogP contribution in [0.1, 0.15) is 41.6 Å². The average molecular weight is 398 g/mol. The largest absolute Gasteiger partial charge is 0.493 e. The van der Waals surface area contributed by atoms with Crippen molar-refractivity contribution in [2.24, 2.45) is 0 Å². The summed E-state index contributed by atoms with van der Waals surface area (Å²) < 4.78 is 19.0. The van der Waals surface area contributed by atoms with Gasteiger partial charge in [-0.3, -0.25) is 9.59 Å². The Kier molecular flexibility index (Phi) is 7.22. The number of hydrogen-bond acceptors (Lipinski definition) is 3.